The Labute approximate surface area is 339 Å². The third kappa shape index (κ3) is 4.11. The van der Waals surface area contributed by atoms with E-state index >= 15 is 0 Å². The van der Waals surface area contributed by atoms with E-state index in [-0.39, 0.29) is 11.8 Å². The minimum Gasteiger partial charge on any atom is -0.456 e. The van der Waals surface area contributed by atoms with E-state index < -0.39 is 0 Å². The van der Waals surface area contributed by atoms with Crippen LogP contribution in [-0.2, 0) is 0 Å². The van der Waals surface area contributed by atoms with Crippen molar-refractivity contribution in [3.8, 4) is 22.5 Å². The summed E-state index contributed by atoms with van der Waals surface area (Å²) < 4.78 is 11.3. The molecule has 9 aromatic carbocycles. The zero-order valence-electron chi connectivity index (χ0n) is 31.9. The van der Waals surface area contributed by atoms with E-state index in [0.717, 1.165) is 27.6 Å². The topological polar surface area (TPSA) is 23.0 Å². The molecular weight excluding hydrogens is 717 g/mol. The third-order valence-corrected chi connectivity index (χ3v) is 13.5. The molecule has 274 valence electrons. The Morgan fingerprint density at radius 2 is 0.864 bits per heavy atom. The number of nitrogens with zero attached hydrogens (tertiary/aromatic N) is 2. The second kappa shape index (κ2) is 11.5. The molecule has 2 bridgehead atoms. The van der Waals surface area contributed by atoms with E-state index in [1.165, 1.54) is 93.8 Å². The highest BCUT2D eigenvalue weighted by atomic mass is 16.3. The van der Waals surface area contributed by atoms with Crippen LogP contribution in [-0.4, -0.2) is 9.13 Å². The Morgan fingerprint density at radius 3 is 1.56 bits per heavy atom. The van der Waals surface area contributed by atoms with Crippen LogP contribution in [0.4, 0.5) is 0 Å². The van der Waals surface area contributed by atoms with E-state index in [0.29, 0.717) is 0 Å². The van der Waals surface area contributed by atoms with Gasteiger partial charge in [-0.3, -0.25) is 0 Å². The number of rotatable bonds is 3. The minimum atomic E-state index is 0.0584. The van der Waals surface area contributed by atoms with Crippen molar-refractivity contribution >= 4 is 65.6 Å². The van der Waals surface area contributed by atoms with E-state index in [1.54, 1.807) is 0 Å². The van der Waals surface area contributed by atoms with Gasteiger partial charge in [-0.15, -0.1) is 0 Å². The summed E-state index contributed by atoms with van der Waals surface area (Å²) >= 11 is 0. The molecule has 0 saturated carbocycles. The minimum absolute atomic E-state index is 0.0584. The van der Waals surface area contributed by atoms with Gasteiger partial charge < -0.3 is 13.6 Å². The standard InChI is InChI=1S/C56H34N2O/c1-2-13-33(14-3-1)34-15-12-16-35(31-34)57-45-22-9-6-20-40(45)52-47(57)28-26-42-51-38-18-4-5-19-39(38)54(55(42)52)56-43(51)27-29-48-53(56)41-21-7-10-23-46(41)58(48)36-25-30-50-44(32-36)37-17-8-11-24-49(37)59-50/h1-32,51,54H. The molecule has 0 spiro atoms. The molecule has 59 heavy (non-hydrogen) atoms. The summed E-state index contributed by atoms with van der Waals surface area (Å²) in [7, 11) is 0. The maximum atomic E-state index is 6.28. The predicted octanol–water partition coefficient (Wildman–Crippen LogP) is 14.4. The first-order valence-electron chi connectivity index (χ1n) is 20.6. The van der Waals surface area contributed by atoms with Gasteiger partial charge in [-0.05, 0) is 105 Å². The van der Waals surface area contributed by atoms with Crippen molar-refractivity contribution < 1.29 is 4.42 Å². The lowest BCUT2D eigenvalue weighted by Crippen LogP contribution is -2.28. The van der Waals surface area contributed by atoms with Crippen LogP contribution in [0.5, 0.6) is 0 Å². The van der Waals surface area contributed by atoms with Gasteiger partial charge in [0.05, 0.1) is 22.1 Å². The van der Waals surface area contributed by atoms with Gasteiger partial charge in [0.15, 0.2) is 0 Å². The monoisotopic (exact) mass is 750 g/mol. The van der Waals surface area contributed by atoms with Crippen LogP contribution in [0.25, 0.3) is 88.1 Å². The zero-order valence-corrected chi connectivity index (χ0v) is 31.9. The van der Waals surface area contributed by atoms with E-state index in [9.17, 15) is 0 Å². The predicted molar refractivity (Wildman–Crippen MR) is 243 cm³/mol. The molecular formula is C56H34N2O. The lowest BCUT2D eigenvalue weighted by Gasteiger charge is -2.43. The highest BCUT2D eigenvalue weighted by Crippen LogP contribution is 2.60. The summed E-state index contributed by atoms with van der Waals surface area (Å²) in [5.41, 5.74) is 20.1. The summed E-state index contributed by atoms with van der Waals surface area (Å²) in [5.74, 6) is 0.192. The largest absolute Gasteiger partial charge is 0.456 e. The number of aromatic nitrogens is 2. The van der Waals surface area contributed by atoms with Crippen molar-refractivity contribution in [2.45, 2.75) is 11.8 Å². The average molecular weight is 751 g/mol. The number of furan rings is 1. The summed E-state index contributed by atoms with van der Waals surface area (Å²) in [4.78, 5) is 0. The molecule has 15 rings (SSSR count). The molecule has 0 radical (unpaired) electrons. The molecule has 3 heteroatoms. The lowest BCUT2D eigenvalue weighted by molar-refractivity contribution is 0.669. The van der Waals surface area contributed by atoms with Crippen LogP contribution in [0, 0.1) is 0 Å². The van der Waals surface area contributed by atoms with Crippen LogP contribution in [0.3, 0.4) is 0 Å². The highest BCUT2D eigenvalue weighted by Gasteiger charge is 2.44. The van der Waals surface area contributed by atoms with Crippen molar-refractivity contribution in [3.63, 3.8) is 0 Å². The van der Waals surface area contributed by atoms with Crippen LogP contribution in [0.15, 0.2) is 199 Å². The lowest BCUT2D eigenvalue weighted by atomic mass is 9.59. The van der Waals surface area contributed by atoms with Crippen molar-refractivity contribution in [3.05, 3.63) is 228 Å². The zero-order chi connectivity index (χ0) is 38.3. The Kier molecular flexibility index (Phi) is 6.13. The van der Waals surface area contributed by atoms with Gasteiger partial charge in [0.25, 0.3) is 0 Å². The van der Waals surface area contributed by atoms with Gasteiger partial charge >= 0.3 is 0 Å². The smallest absolute Gasteiger partial charge is 0.135 e. The molecule has 3 aromatic heterocycles. The summed E-state index contributed by atoms with van der Waals surface area (Å²) in [6, 6.07) is 71.7. The maximum Gasteiger partial charge on any atom is 0.135 e. The maximum absolute atomic E-state index is 6.28. The number of para-hydroxylation sites is 3. The molecule has 3 aliphatic rings. The Bertz CT molecular complexity index is 3750. The number of hydrogen-bond donors (Lipinski definition) is 0. The molecule has 0 fully saturated rings. The molecule has 0 N–H and O–H groups in total. The van der Waals surface area contributed by atoms with Crippen molar-refractivity contribution in [2.24, 2.45) is 0 Å². The number of hydrogen-bond acceptors (Lipinski definition) is 1. The molecule has 3 heterocycles. The summed E-state index contributed by atoms with van der Waals surface area (Å²) in [6.45, 7) is 0. The van der Waals surface area contributed by atoms with E-state index in [2.05, 4.69) is 197 Å². The fourth-order valence-electron chi connectivity index (χ4n) is 11.2. The number of fused-ring (bicyclic) bond motifs is 9. The summed E-state index contributed by atoms with van der Waals surface area (Å²) in [5, 5.41) is 7.57. The quantitative estimate of drug-likeness (QED) is 0.176. The Hall–Kier alpha value is -7.62. The van der Waals surface area contributed by atoms with Crippen LogP contribution in [0.2, 0.25) is 0 Å². The molecule has 12 aromatic rings. The number of benzene rings is 9. The SMILES string of the molecule is c1ccc(-c2cccc(-n3c4ccccc4c4c5c(ccc43)C3c4ccccc4C5c4c3ccc3c4c4ccccc4n3-c3ccc4oc5ccccc5c4c3)c2)cc1. The Morgan fingerprint density at radius 1 is 0.322 bits per heavy atom. The molecule has 2 unspecified atom stereocenters. The van der Waals surface area contributed by atoms with Crippen molar-refractivity contribution in [1.29, 1.82) is 0 Å². The first-order valence-corrected chi connectivity index (χ1v) is 20.6. The van der Waals surface area contributed by atoms with Gasteiger partial charge in [-0.25, -0.2) is 0 Å². The third-order valence-electron chi connectivity index (χ3n) is 13.5. The van der Waals surface area contributed by atoms with Crippen LogP contribution in [0.1, 0.15) is 45.2 Å². The van der Waals surface area contributed by atoms with Crippen LogP contribution >= 0.6 is 0 Å². The Balaban J connectivity index is 1.07. The van der Waals surface area contributed by atoms with Gasteiger partial charge in [-0.1, -0.05) is 133 Å². The second-order valence-corrected chi connectivity index (χ2v) is 16.3. The first-order chi connectivity index (χ1) is 29.3. The molecule has 3 nitrogen and oxygen atoms in total. The molecule has 2 atom stereocenters. The van der Waals surface area contributed by atoms with Crippen molar-refractivity contribution in [1.82, 2.24) is 9.13 Å². The fourth-order valence-corrected chi connectivity index (χ4v) is 11.2. The van der Waals surface area contributed by atoms with Crippen LogP contribution < -0.4 is 0 Å². The van der Waals surface area contributed by atoms with Crippen molar-refractivity contribution in [2.75, 3.05) is 0 Å². The first kappa shape index (κ1) is 31.5. The van der Waals surface area contributed by atoms with Gasteiger partial charge in [0.1, 0.15) is 11.2 Å². The average Bonchev–Trinajstić information content (AvgIpc) is 3.97. The van der Waals surface area contributed by atoms with E-state index in [4.69, 9.17) is 4.42 Å². The van der Waals surface area contributed by atoms with E-state index in [1.807, 2.05) is 6.07 Å². The summed E-state index contributed by atoms with van der Waals surface area (Å²) in [6.07, 6.45) is 0. The molecule has 0 amide bonds. The van der Waals surface area contributed by atoms with Gasteiger partial charge in [0.2, 0.25) is 0 Å². The second-order valence-electron chi connectivity index (χ2n) is 16.3. The normalized spacial score (nSPS) is 15.5. The fraction of sp³-hybridized carbons (Fsp3) is 0.0357. The molecule has 0 aliphatic heterocycles. The van der Waals surface area contributed by atoms with Gasteiger partial charge in [0, 0.05) is 55.5 Å². The van der Waals surface area contributed by atoms with Gasteiger partial charge in [-0.2, -0.15) is 0 Å². The molecule has 3 aliphatic carbocycles. The molecule has 0 saturated heterocycles. The highest BCUT2D eigenvalue weighted by molar-refractivity contribution is 6.16.